The number of likely N-dealkylation sites (tertiary alicyclic amines) is 1. The molecule has 39 heavy (non-hydrogen) atoms. The first-order valence-electron chi connectivity index (χ1n) is 13.7. The molecule has 8 nitrogen and oxygen atoms in total. The molecule has 9 heteroatoms. The molecule has 1 fully saturated rings. The van der Waals surface area contributed by atoms with Crippen LogP contribution in [-0.4, -0.2) is 52.6 Å². The van der Waals surface area contributed by atoms with Gasteiger partial charge < -0.3 is 20.3 Å². The lowest BCUT2D eigenvalue weighted by atomic mass is 10.0. The van der Waals surface area contributed by atoms with E-state index in [0.29, 0.717) is 5.95 Å². The van der Waals surface area contributed by atoms with Crippen molar-refractivity contribution in [3.8, 4) is 5.75 Å². The van der Waals surface area contributed by atoms with Crippen molar-refractivity contribution in [1.29, 1.82) is 0 Å². The smallest absolute Gasteiger partial charge is 0.227 e. The van der Waals surface area contributed by atoms with E-state index < -0.39 is 0 Å². The molecule has 0 saturated carbocycles. The monoisotopic (exact) mass is 541 g/mol. The number of aromatic nitrogens is 3. The topological polar surface area (TPSA) is 78.4 Å². The molecule has 0 atom stereocenters. The van der Waals surface area contributed by atoms with Gasteiger partial charge in [0.25, 0.3) is 0 Å². The summed E-state index contributed by atoms with van der Waals surface area (Å²) in [5.41, 5.74) is 6.75. The van der Waals surface area contributed by atoms with Gasteiger partial charge in [0.05, 0.1) is 10.7 Å². The minimum atomic E-state index is 0.630. The van der Waals surface area contributed by atoms with Gasteiger partial charge in [-0.2, -0.15) is 0 Å². The van der Waals surface area contributed by atoms with Crippen LogP contribution < -0.4 is 20.3 Å². The van der Waals surface area contributed by atoms with E-state index in [4.69, 9.17) is 9.72 Å². The number of nitrogens with zero attached hydrogens (tertiary/aromatic N) is 5. The number of hydrogen-bond donors (Lipinski definition) is 2. The highest BCUT2D eigenvalue weighted by atomic mass is 32.1. The molecule has 2 aromatic heterocycles. The fourth-order valence-electron chi connectivity index (χ4n) is 5.24. The van der Waals surface area contributed by atoms with Crippen molar-refractivity contribution >= 4 is 40.2 Å². The van der Waals surface area contributed by atoms with Gasteiger partial charge in [-0.1, -0.05) is 6.07 Å². The summed E-state index contributed by atoms with van der Waals surface area (Å²) in [7, 11) is 0. The van der Waals surface area contributed by atoms with Gasteiger partial charge in [0.2, 0.25) is 5.95 Å². The van der Waals surface area contributed by atoms with Gasteiger partial charge >= 0.3 is 0 Å². The van der Waals surface area contributed by atoms with E-state index in [9.17, 15) is 0 Å². The van der Waals surface area contributed by atoms with E-state index in [2.05, 4.69) is 55.5 Å². The third-order valence-electron chi connectivity index (χ3n) is 7.36. The second-order valence-electron chi connectivity index (χ2n) is 10.3. The Morgan fingerprint density at radius 1 is 0.949 bits per heavy atom. The summed E-state index contributed by atoms with van der Waals surface area (Å²) in [4.78, 5) is 18.9. The molecule has 4 heterocycles. The molecule has 0 spiro atoms. The number of fused-ring (bicyclic) bond motifs is 1. The maximum atomic E-state index is 5.93. The maximum Gasteiger partial charge on any atom is 0.227 e. The second kappa shape index (κ2) is 11.6. The third-order valence-corrected chi connectivity index (χ3v) is 8.13. The van der Waals surface area contributed by atoms with Gasteiger partial charge in [-0.25, -0.2) is 15.0 Å². The lowest BCUT2D eigenvalue weighted by Gasteiger charge is -2.31. The Morgan fingerprint density at radius 2 is 1.77 bits per heavy atom. The number of hydrogen-bond acceptors (Lipinski definition) is 9. The van der Waals surface area contributed by atoms with Crippen LogP contribution in [0.1, 0.15) is 34.7 Å². The van der Waals surface area contributed by atoms with Crippen molar-refractivity contribution in [2.75, 3.05) is 48.3 Å². The minimum absolute atomic E-state index is 0.630. The fraction of sp³-hybridized carbons (Fsp3) is 0.367. The predicted molar refractivity (Wildman–Crippen MR) is 159 cm³/mol. The van der Waals surface area contributed by atoms with Crippen LogP contribution in [-0.2, 0) is 13.0 Å². The highest BCUT2D eigenvalue weighted by Gasteiger charge is 2.20. The number of rotatable bonds is 9. The van der Waals surface area contributed by atoms with E-state index >= 15 is 0 Å². The predicted octanol–water partition coefficient (Wildman–Crippen LogP) is 6.07. The van der Waals surface area contributed by atoms with Crippen molar-refractivity contribution in [1.82, 2.24) is 19.9 Å². The zero-order chi connectivity index (χ0) is 26.6. The molecule has 4 aromatic rings. The third kappa shape index (κ3) is 6.32. The Bertz CT molecular complexity index is 1420. The SMILES string of the molecule is Cc1nc(Nc2ccc(C)c(N3CCc4nc(Nc5ccc(OCCN6CCCC6)cc5)ncc4C3)c2)cs1. The first-order valence-corrected chi connectivity index (χ1v) is 14.6. The minimum Gasteiger partial charge on any atom is -0.492 e. The standard InChI is InChI=1S/C30H35N7OS/c1-21-5-6-25(33-29-20-39-22(2)32-29)17-28(21)37-14-11-27-23(19-37)18-31-30(35-27)34-24-7-9-26(10-8-24)38-16-15-36-12-3-4-13-36/h5-10,17-18,20,33H,3-4,11-16,19H2,1-2H3,(H,31,34,35). The van der Waals surface area contributed by atoms with E-state index in [1.807, 2.05) is 42.8 Å². The molecule has 202 valence electrons. The quantitative estimate of drug-likeness (QED) is 0.264. The zero-order valence-electron chi connectivity index (χ0n) is 22.6. The van der Waals surface area contributed by atoms with Crippen molar-refractivity contribution in [2.24, 2.45) is 0 Å². The van der Waals surface area contributed by atoms with Crippen LogP contribution in [0.15, 0.2) is 54.0 Å². The Labute approximate surface area is 234 Å². The second-order valence-corrected chi connectivity index (χ2v) is 11.3. The molecule has 0 unspecified atom stereocenters. The Balaban J connectivity index is 1.06. The lowest BCUT2D eigenvalue weighted by molar-refractivity contribution is 0.238. The molecule has 1 saturated heterocycles. The summed E-state index contributed by atoms with van der Waals surface area (Å²) < 4.78 is 5.93. The highest BCUT2D eigenvalue weighted by molar-refractivity contribution is 7.09. The average Bonchev–Trinajstić information content (AvgIpc) is 3.62. The fourth-order valence-corrected chi connectivity index (χ4v) is 5.79. The summed E-state index contributed by atoms with van der Waals surface area (Å²) >= 11 is 1.65. The summed E-state index contributed by atoms with van der Waals surface area (Å²) in [5.74, 6) is 2.41. The van der Waals surface area contributed by atoms with Crippen LogP contribution in [0, 0.1) is 13.8 Å². The van der Waals surface area contributed by atoms with Gasteiger partial charge in [0.1, 0.15) is 18.2 Å². The first kappa shape index (κ1) is 25.6. The molecule has 6 rings (SSSR count). The van der Waals surface area contributed by atoms with Crippen LogP contribution in [0.4, 0.5) is 28.8 Å². The van der Waals surface area contributed by atoms with Crippen LogP contribution in [0.3, 0.4) is 0 Å². The normalized spacial score (nSPS) is 15.3. The largest absolute Gasteiger partial charge is 0.492 e. The van der Waals surface area contributed by atoms with Crippen molar-refractivity contribution in [3.63, 3.8) is 0 Å². The summed E-state index contributed by atoms with van der Waals surface area (Å²) in [6.45, 7) is 10.00. The van der Waals surface area contributed by atoms with Gasteiger partial charge in [0.15, 0.2) is 0 Å². The summed E-state index contributed by atoms with van der Waals surface area (Å²) in [6.07, 6.45) is 5.45. The lowest BCUT2D eigenvalue weighted by Crippen LogP contribution is -2.31. The Kier molecular flexibility index (Phi) is 7.60. The van der Waals surface area contributed by atoms with Crippen molar-refractivity contribution in [2.45, 2.75) is 39.7 Å². The number of benzene rings is 2. The molecule has 2 aliphatic rings. The number of ether oxygens (including phenoxy) is 1. The molecule has 0 aliphatic carbocycles. The zero-order valence-corrected chi connectivity index (χ0v) is 23.4. The van der Waals surface area contributed by atoms with Gasteiger partial charge in [-0.3, -0.25) is 4.90 Å². The molecule has 0 radical (unpaired) electrons. The van der Waals surface area contributed by atoms with Crippen LogP contribution in [0.5, 0.6) is 5.75 Å². The Hall–Kier alpha value is -3.69. The van der Waals surface area contributed by atoms with Crippen LogP contribution in [0.25, 0.3) is 0 Å². The van der Waals surface area contributed by atoms with Crippen LogP contribution >= 0.6 is 11.3 Å². The highest BCUT2D eigenvalue weighted by Crippen LogP contribution is 2.31. The van der Waals surface area contributed by atoms with E-state index in [0.717, 1.165) is 66.3 Å². The molecular weight excluding hydrogens is 506 g/mol. The van der Waals surface area contributed by atoms with E-state index in [-0.39, 0.29) is 0 Å². The maximum absolute atomic E-state index is 5.93. The summed E-state index contributed by atoms with van der Waals surface area (Å²) in [6, 6.07) is 14.5. The van der Waals surface area contributed by atoms with Gasteiger partial charge in [-0.05, 0) is 81.7 Å². The number of anilines is 5. The van der Waals surface area contributed by atoms with Gasteiger partial charge in [0, 0.05) is 60.3 Å². The molecule has 2 aliphatic heterocycles. The average molecular weight is 542 g/mol. The molecular formula is C30H35N7OS. The molecule has 2 aromatic carbocycles. The molecule has 0 bridgehead atoms. The summed E-state index contributed by atoms with van der Waals surface area (Å²) in [5, 5.41) is 9.89. The Morgan fingerprint density at radius 3 is 2.56 bits per heavy atom. The van der Waals surface area contributed by atoms with E-state index in [1.165, 1.54) is 42.7 Å². The molecule has 2 N–H and O–H groups in total. The van der Waals surface area contributed by atoms with Crippen LogP contribution in [0.2, 0.25) is 0 Å². The number of nitrogens with one attached hydrogen (secondary N) is 2. The first-order chi connectivity index (χ1) is 19.1. The van der Waals surface area contributed by atoms with Crippen molar-refractivity contribution in [3.05, 3.63) is 75.9 Å². The van der Waals surface area contributed by atoms with Gasteiger partial charge in [-0.15, -0.1) is 11.3 Å². The number of thiazole rings is 1. The van der Waals surface area contributed by atoms with Crippen molar-refractivity contribution < 1.29 is 4.74 Å². The van der Waals surface area contributed by atoms with E-state index in [1.54, 1.807) is 11.3 Å². The molecule has 0 amide bonds. The number of aryl methyl sites for hydroxylation is 2.